The Morgan fingerprint density at radius 1 is 1.62 bits per heavy atom. The SMILES string of the molecule is CCC(C)(C#N)NC(=O)CC(C)C. The molecule has 13 heavy (non-hydrogen) atoms. The van der Waals surface area contributed by atoms with E-state index in [-0.39, 0.29) is 5.91 Å². The molecule has 0 aliphatic carbocycles. The third-order valence-corrected chi connectivity index (χ3v) is 1.96. The highest BCUT2D eigenvalue weighted by molar-refractivity contribution is 5.77. The Hall–Kier alpha value is -1.04. The average Bonchev–Trinajstić information content (AvgIpc) is 2.02. The summed E-state index contributed by atoms with van der Waals surface area (Å²) < 4.78 is 0. The van der Waals surface area contributed by atoms with Gasteiger partial charge in [-0.2, -0.15) is 5.26 Å². The molecule has 0 bridgehead atoms. The van der Waals surface area contributed by atoms with Crippen LogP contribution in [-0.4, -0.2) is 11.4 Å². The van der Waals surface area contributed by atoms with E-state index in [9.17, 15) is 4.79 Å². The van der Waals surface area contributed by atoms with Gasteiger partial charge in [0.05, 0.1) is 6.07 Å². The van der Waals surface area contributed by atoms with Crippen LogP contribution in [0.2, 0.25) is 0 Å². The van der Waals surface area contributed by atoms with Crippen molar-refractivity contribution in [3.05, 3.63) is 0 Å². The van der Waals surface area contributed by atoms with Crippen LogP contribution < -0.4 is 5.32 Å². The van der Waals surface area contributed by atoms with Gasteiger partial charge in [-0.1, -0.05) is 20.8 Å². The van der Waals surface area contributed by atoms with Gasteiger partial charge in [0.25, 0.3) is 0 Å². The van der Waals surface area contributed by atoms with Crippen LogP contribution in [0.4, 0.5) is 0 Å². The molecule has 0 aromatic carbocycles. The van der Waals surface area contributed by atoms with Gasteiger partial charge >= 0.3 is 0 Å². The van der Waals surface area contributed by atoms with Gasteiger partial charge in [-0.25, -0.2) is 0 Å². The van der Waals surface area contributed by atoms with Gasteiger partial charge in [0.1, 0.15) is 5.54 Å². The molecule has 0 fully saturated rings. The van der Waals surface area contributed by atoms with E-state index < -0.39 is 5.54 Å². The zero-order valence-corrected chi connectivity index (χ0v) is 8.85. The first-order valence-electron chi connectivity index (χ1n) is 4.65. The molecule has 0 aromatic rings. The minimum absolute atomic E-state index is 0.0408. The molecule has 0 rings (SSSR count). The van der Waals surface area contributed by atoms with E-state index in [4.69, 9.17) is 5.26 Å². The molecule has 0 heterocycles. The van der Waals surface area contributed by atoms with Gasteiger partial charge in [0, 0.05) is 6.42 Å². The number of amides is 1. The van der Waals surface area contributed by atoms with Gasteiger partial charge in [-0.3, -0.25) is 4.79 Å². The Bertz CT molecular complexity index is 217. The molecule has 3 nitrogen and oxygen atoms in total. The summed E-state index contributed by atoms with van der Waals surface area (Å²) >= 11 is 0. The van der Waals surface area contributed by atoms with Crippen molar-refractivity contribution in [2.75, 3.05) is 0 Å². The fourth-order valence-corrected chi connectivity index (χ4v) is 0.925. The van der Waals surface area contributed by atoms with Gasteiger partial charge in [-0.15, -0.1) is 0 Å². The molecule has 74 valence electrons. The van der Waals surface area contributed by atoms with Crippen molar-refractivity contribution in [3.8, 4) is 6.07 Å². The summed E-state index contributed by atoms with van der Waals surface area (Å²) in [6.07, 6.45) is 1.12. The summed E-state index contributed by atoms with van der Waals surface area (Å²) in [6, 6.07) is 2.10. The topological polar surface area (TPSA) is 52.9 Å². The van der Waals surface area contributed by atoms with Crippen LogP contribution in [0, 0.1) is 17.2 Å². The molecule has 0 aromatic heterocycles. The molecule has 0 saturated carbocycles. The highest BCUT2D eigenvalue weighted by Gasteiger charge is 2.23. The zero-order valence-electron chi connectivity index (χ0n) is 8.85. The lowest BCUT2D eigenvalue weighted by atomic mass is 10.00. The van der Waals surface area contributed by atoms with Crippen LogP contribution in [0.1, 0.15) is 40.5 Å². The number of nitriles is 1. The van der Waals surface area contributed by atoms with Crippen LogP contribution in [0.15, 0.2) is 0 Å². The molecule has 3 heteroatoms. The molecule has 0 aliphatic rings. The minimum atomic E-state index is -0.702. The first-order valence-corrected chi connectivity index (χ1v) is 4.65. The van der Waals surface area contributed by atoms with Crippen LogP contribution in [-0.2, 0) is 4.79 Å². The fourth-order valence-electron chi connectivity index (χ4n) is 0.925. The predicted octanol–water partition coefficient (Wildman–Crippen LogP) is 1.84. The summed E-state index contributed by atoms with van der Waals surface area (Å²) in [5.41, 5.74) is -0.702. The lowest BCUT2D eigenvalue weighted by Crippen LogP contribution is -2.44. The van der Waals surface area contributed by atoms with Crippen molar-refractivity contribution < 1.29 is 4.79 Å². The van der Waals surface area contributed by atoms with Crippen LogP contribution in [0.3, 0.4) is 0 Å². The Balaban J connectivity index is 4.12. The van der Waals surface area contributed by atoms with E-state index in [2.05, 4.69) is 11.4 Å². The van der Waals surface area contributed by atoms with E-state index in [0.717, 1.165) is 0 Å². The third-order valence-electron chi connectivity index (χ3n) is 1.96. The fraction of sp³-hybridized carbons (Fsp3) is 0.800. The van der Waals surface area contributed by atoms with Gasteiger partial charge in [0.15, 0.2) is 0 Å². The van der Waals surface area contributed by atoms with E-state index >= 15 is 0 Å². The molecule has 0 aliphatic heterocycles. The predicted molar refractivity (Wildman–Crippen MR) is 51.9 cm³/mol. The van der Waals surface area contributed by atoms with E-state index in [1.54, 1.807) is 6.92 Å². The maximum Gasteiger partial charge on any atom is 0.221 e. The van der Waals surface area contributed by atoms with Gasteiger partial charge < -0.3 is 5.32 Å². The summed E-state index contributed by atoms with van der Waals surface area (Å²) in [5, 5.41) is 11.5. The summed E-state index contributed by atoms with van der Waals surface area (Å²) in [7, 11) is 0. The third kappa shape index (κ3) is 4.51. The van der Waals surface area contributed by atoms with Crippen molar-refractivity contribution in [2.24, 2.45) is 5.92 Å². The lowest BCUT2D eigenvalue weighted by molar-refractivity contribution is -0.123. The first kappa shape index (κ1) is 12.0. The summed E-state index contributed by atoms with van der Waals surface area (Å²) in [5.74, 6) is 0.292. The standard InChI is InChI=1S/C10H18N2O/c1-5-10(4,7-11)12-9(13)6-8(2)3/h8H,5-6H2,1-4H3,(H,12,13). The van der Waals surface area contributed by atoms with Crippen LogP contribution >= 0.6 is 0 Å². The van der Waals surface area contributed by atoms with Crippen LogP contribution in [0.25, 0.3) is 0 Å². The molecule has 0 spiro atoms. The molecule has 0 radical (unpaired) electrons. The van der Waals surface area contributed by atoms with Crippen molar-refractivity contribution >= 4 is 5.91 Å². The minimum Gasteiger partial charge on any atom is -0.338 e. The summed E-state index contributed by atoms with van der Waals surface area (Å²) in [6.45, 7) is 7.59. The van der Waals surface area contributed by atoms with Crippen molar-refractivity contribution in [1.29, 1.82) is 5.26 Å². The van der Waals surface area contributed by atoms with Gasteiger partial charge in [-0.05, 0) is 19.3 Å². The second kappa shape index (κ2) is 4.86. The Labute approximate surface area is 80.1 Å². The quantitative estimate of drug-likeness (QED) is 0.721. The Morgan fingerprint density at radius 3 is 2.46 bits per heavy atom. The number of hydrogen-bond donors (Lipinski definition) is 1. The second-order valence-electron chi connectivity index (χ2n) is 3.94. The normalized spacial score (nSPS) is 14.8. The number of nitrogens with one attached hydrogen (secondary N) is 1. The average molecular weight is 182 g/mol. The first-order chi connectivity index (χ1) is 5.93. The molecule has 1 N–H and O–H groups in total. The number of hydrogen-bond acceptors (Lipinski definition) is 2. The Kier molecular flexibility index (Phi) is 4.47. The van der Waals surface area contributed by atoms with Crippen molar-refractivity contribution in [2.45, 2.75) is 46.1 Å². The van der Waals surface area contributed by atoms with Crippen molar-refractivity contribution in [3.63, 3.8) is 0 Å². The van der Waals surface area contributed by atoms with Crippen LogP contribution in [0.5, 0.6) is 0 Å². The van der Waals surface area contributed by atoms with Gasteiger partial charge in [0.2, 0.25) is 5.91 Å². The zero-order chi connectivity index (χ0) is 10.5. The maximum atomic E-state index is 11.3. The van der Waals surface area contributed by atoms with E-state index in [1.807, 2.05) is 20.8 Å². The second-order valence-corrected chi connectivity index (χ2v) is 3.94. The number of rotatable bonds is 4. The maximum absolute atomic E-state index is 11.3. The smallest absolute Gasteiger partial charge is 0.221 e. The lowest BCUT2D eigenvalue weighted by Gasteiger charge is -2.21. The molecule has 0 saturated heterocycles. The molecule has 1 unspecified atom stereocenters. The molecule has 1 amide bonds. The number of carbonyl (C=O) groups excluding carboxylic acids is 1. The monoisotopic (exact) mass is 182 g/mol. The van der Waals surface area contributed by atoms with E-state index in [0.29, 0.717) is 18.8 Å². The van der Waals surface area contributed by atoms with Crippen molar-refractivity contribution in [1.82, 2.24) is 5.32 Å². The highest BCUT2D eigenvalue weighted by Crippen LogP contribution is 2.08. The molecule has 1 atom stereocenters. The van der Waals surface area contributed by atoms with E-state index in [1.165, 1.54) is 0 Å². The largest absolute Gasteiger partial charge is 0.338 e. The summed E-state index contributed by atoms with van der Waals surface area (Å²) in [4.78, 5) is 11.3. The number of carbonyl (C=O) groups is 1. The highest BCUT2D eigenvalue weighted by atomic mass is 16.1. The Morgan fingerprint density at radius 2 is 2.15 bits per heavy atom. The molecular formula is C10H18N2O. The number of nitrogens with zero attached hydrogens (tertiary/aromatic N) is 1. The molecular weight excluding hydrogens is 164 g/mol.